The summed E-state index contributed by atoms with van der Waals surface area (Å²) in [6, 6.07) is 6.27. The number of hydrogen-bond donors (Lipinski definition) is 0. The van der Waals surface area contributed by atoms with Gasteiger partial charge in [-0.15, -0.1) is 0 Å². The summed E-state index contributed by atoms with van der Waals surface area (Å²) in [6.45, 7) is 4.89. The van der Waals surface area contributed by atoms with Gasteiger partial charge in [0, 0.05) is 6.54 Å². The van der Waals surface area contributed by atoms with Gasteiger partial charge in [0.15, 0.2) is 0 Å². The molecule has 0 unspecified atom stereocenters. The summed E-state index contributed by atoms with van der Waals surface area (Å²) < 4.78 is 26.4. The summed E-state index contributed by atoms with van der Waals surface area (Å²) in [4.78, 5) is 0. The third kappa shape index (κ3) is 1.83. The normalized spacial score (nSPS) is 19.4. The van der Waals surface area contributed by atoms with Gasteiger partial charge in [0.05, 0.1) is 10.9 Å². The lowest BCUT2D eigenvalue weighted by Crippen LogP contribution is -2.32. The van der Waals surface area contributed by atoms with Gasteiger partial charge in [-0.25, -0.2) is 8.42 Å². The molecule has 0 aromatic heterocycles. The summed E-state index contributed by atoms with van der Waals surface area (Å²) in [5, 5.41) is -0.119. The van der Waals surface area contributed by atoms with Crippen molar-refractivity contribution in [2.24, 2.45) is 0 Å². The maximum atomic E-state index is 12.4. The predicted octanol–water partition coefficient (Wildman–Crippen LogP) is 2.66. The molecule has 1 aromatic carbocycles. The molecule has 0 bridgehead atoms. The minimum Gasteiger partial charge on any atom is -0.269 e. The van der Waals surface area contributed by atoms with Gasteiger partial charge in [0.25, 0.3) is 0 Å². The van der Waals surface area contributed by atoms with Gasteiger partial charge in [-0.3, -0.25) is 4.31 Å². The molecule has 3 nitrogen and oxygen atoms in total. The molecule has 0 saturated heterocycles. The Morgan fingerprint density at radius 1 is 1.28 bits per heavy atom. The second-order valence-electron chi connectivity index (χ2n) is 5.61. The Hall–Kier alpha value is -1.03. The van der Waals surface area contributed by atoms with Crippen LogP contribution in [-0.2, 0) is 16.4 Å². The molecule has 1 aliphatic heterocycles. The summed E-state index contributed by atoms with van der Waals surface area (Å²) in [6.07, 6.45) is 2.51. The van der Waals surface area contributed by atoms with Crippen molar-refractivity contribution < 1.29 is 8.42 Å². The molecule has 1 fully saturated rings. The molecule has 0 atom stereocenters. The maximum absolute atomic E-state index is 12.4. The monoisotopic (exact) mass is 265 g/mol. The minimum atomic E-state index is -3.09. The van der Waals surface area contributed by atoms with E-state index in [1.54, 1.807) is 4.31 Å². The smallest absolute Gasteiger partial charge is 0.238 e. The van der Waals surface area contributed by atoms with E-state index in [9.17, 15) is 8.42 Å². The van der Waals surface area contributed by atoms with Crippen LogP contribution in [0.2, 0.25) is 0 Å². The van der Waals surface area contributed by atoms with Crippen LogP contribution in [0, 0.1) is 0 Å². The number of fused-ring (bicyclic) bond motifs is 1. The molecule has 1 aromatic rings. The number of hydrogen-bond acceptors (Lipinski definition) is 2. The van der Waals surface area contributed by atoms with Crippen molar-refractivity contribution in [3.8, 4) is 0 Å². The Morgan fingerprint density at radius 3 is 2.61 bits per heavy atom. The van der Waals surface area contributed by atoms with Crippen molar-refractivity contribution in [2.75, 3.05) is 10.8 Å². The van der Waals surface area contributed by atoms with E-state index in [1.165, 1.54) is 11.1 Å². The number of anilines is 1. The lowest BCUT2D eigenvalue weighted by Gasteiger charge is -2.20. The zero-order valence-electron chi connectivity index (χ0n) is 10.9. The van der Waals surface area contributed by atoms with Crippen LogP contribution in [0.5, 0.6) is 0 Å². The molecule has 3 rings (SSSR count). The number of nitrogens with zero attached hydrogens (tertiary/aromatic N) is 1. The summed E-state index contributed by atoms with van der Waals surface area (Å²) in [5.41, 5.74) is 3.31. The topological polar surface area (TPSA) is 37.4 Å². The molecule has 4 heteroatoms. The van der Waals surface area contributed by atoms with Crippen molar-refractivity contribution >= 4 is 15.7 Å². The lowest BCUT2D eigenvalue weighted by atomic mass is 10.0. The molecule has 1 aliphatic carbocycles. The zero-order chi connectivity index (χ0) is 12.9. The van der Waals surface area contributed by atoms with Gasteiger partial charge in [0.1, 0.15) is 0 Å². The standard InChI is InChI=1S/C14H19NO2S/c1-10(2)12-4-3-11-7-8-15(14(11)9-12)18(16,17)13-5-6-13/h3-4,9-10,13H,5-8H2,1-2H3. The molecule has 0 spiro atoms. The first kappa shape index (κ1) is 12.0. The van der Waals surface area contributed by atoms with Crippen molar-refractivity contribution in [2.45, 2.75) is 44.3 Å². The Kier molecular flexibility index (Phi) is 2.66. The second kappa shape index (κ2) is 3.98. The van der Waals surface area contributed by atoms with E-state index in [4.69, 9.17) is 0 Å². The number of benzene rings is 1. The Morgan fingerprint density at radius 2 is 2.00 bits per heavy atom. The summed E-state index contributed by atoms with van der Waals surface area (Å²) in [7, 11) is -3.09. The first-order chi connectivity index (χ1) is 8.50. The maximum Gasteiger partial charge on any atom is 0.238 e. The van der Waals surface area contributed by atoms with Gasteiger partial charge in [-0.1, -0.05) is 26.0 Å². The van der Waals surface area contributed by atoms with Crippen molar-refractivity contribution in [3.63, 3.8) is 0 Å². The summed E-state index contributed by atoms with van der Waals surface area (Å²) >= 11 is 0. The largest absolute Gasteiger partial charge is 0.269 e. The van der Waals surface area contributed by atoms with Gasteiger partial charge >= 0.3 is 0 Å². The van der Waals surface area contributed by atoms with Crippen molar-refractivity contribution in [3.05, 3.63) is 29.3 Å². The van der Waals surface area contributed by atoms with Crippen LogP contribution in [0.15, 0.2) is 18.2 Å². The number of rotatable bonds is 3. The zero-order valence-corrected chi connectivity index (χ0v) is 11.7. The fraction of sp³-hybridized carbons (Fsp3) is 0.571. The Bertz CT molecular complexity index is 573. The SMILES string of the molecule is CC(C)c1ccc2c(c1)N(S(=O)(=O)C1CC1)CC2. The highest BCUT2D eigenvalue weighted by Gasteiger charge is 2.42. The van der Waals surface area contributed by atoms with Gasteiger partial charge in [0.2, 0.25) is 10.0 Å². The fourth-order valence-electron chi connectivity index (χ4n) is 2.54. The quantitative estimate of drug-likeness (QED) is 0.842. The number of sulfonamides is 1. The fourth-order valence-corrected chi connectivity index (χ4v) is 4.42. The molecular weight excluding hydrogens is 246 g/mol. The van der Waals surface area contributed by atoms with Crippen LogP contribution in [0.3, 0.4) is 0 Å². The first-order valence-corrected chi connectivity index (χ1v) is 8.15. The van der Waals surface area contributed by atoms with Crippen LogP contribution in [-0.4, -0.2) is 20.2 Å². The van der Waals surface area contributed by atoms with E-state index < -0.39 is 10.0 Å². The predicted molar refractivity (Wildman–Crippen MR) is 73.5 cm³/mol. The molecule has 0 amide bonds. The third-order valence-electron chi connectivity index (χ3n) is 3.88. The molecule has 2 aliphatic rings. The van der Waals surface area contributed by atoms with E-state index in [0.29, 0.717) is 12.5 Å². The highest BCUT2D eigenvalue weighted by Crippen LogP contribution is 2.39. The van der Waals surface area contributed by atoms with Gasteiger partial charge in [-0.05, 0) is 42.4 Å². The van der Waals surface area contributed by atoms with Crippen molar-refractivity contribution in [1.29, 1.82) is 0 Å². The second-order valence-corrected chi connectivity index (χ2v) is 7.75. The lowest BCUT2D eigenvalue weighted by molar-refractivity contribution is 0.591. The minimum absolute atomic E-state index is 0.119. The van der Waals surface area contributed by atoms with Gasteiger partial charge in [-0.2, -0.15) is 0 Å². The van der Waals surface area contributed by atoms with Crippen LogP contribution in [0.1, 0.15) is 43.7 Å². The molecule has 0 radical (unpaired) electrons. The van der Waals surface area contributed by atoms with E-state index in [2.05, 4.69) is 32.0 Å². The molecule has 0 N–H and O–H groups in total. The van der Waals surface area contributed by atoms with E-state index in [-0.39, 0.29) is 5.25 Å². The van der Waals surface area contributed by atoms with Crippen LogP contribution < -0.4 is 4.31 Å². The van der Waals surface area contributed by atoms with E-state index in [1.807, 2.05) is 0 Å². The van der Waals surface area contributed by atoms with E-state index >= 15 is 0 Å². The molecule has 1 heterocycles. The van der Waals surface area contributed by atoms with Crippen LogP contribution in [0.25, 0.3) is 0 Å². The average molecular weight is 265 g/mol. The Balaban J connectivity index is 2.02. The molecule has 18 heavy (non-hydrogen) atoms. The van der Waals surface area contributed by atoms with Crippen LogP contribution in [0.4, 0.5) is 5.69 Å². The molecular formula is C14H19NO2S. The average Bonchev–Trinajstić information content (AvgIpc) is 3.08. The molecule has 98 valence electrons. The highest BCUT2D eigenvalue weighted by atomic mass is 32.2. The summed E-state index contributed by atoms with van der Waals surface area (Å²) in [5.74, 6) is 0.432. The van der Waals surface area contributed by atoms with Gasteiger partial charge < -0.3 is 0 Å². The van der Waals surface area contributed by atoms with Crippen molar-refractivity contribution in [1.82, 2.24) is 0 Å². The van der Waals surface area contributed by atoms with Crippen LogP contribution >= 0.6 is 0 Å². The third-order valence-corrected chi connectivity index (χ3v) is 6.19. The van der Waals surface area contributed by atoms with E-state index in [0.717, 1.165) is 24.9 Å². The molecule has 1 saturated carbocycles. The highest BCUT2D eigenvalue weighted by molar-refractivity contribution is 7.93. The Labute approximate surface area is 109 Å². The first-order valence-electron chi connectivity index (χ1n) is 6.64.